The number of nitrogens with zero attached hydrogens (tertiary/aromatic N) is 3. The van der Waals surface area contributed by atoms with E-state index in [2.05, 4.69) is 53.7 Å². The van der Waals surface area contributed by atoms with Crippen molar-refractivity contribution in [2.75, 3.05) is 13.2 Å². The van der Waals surface area contributed by atoms with Gasteiger partial charge in [0.1, 0.15) is 5.75 Å². The van der Waals surface area contributed by atoms with Crippen molar-refractivity contribution in [1.29, 1.82) is 0 Å². The van der Waals surface area contributed by atoms with Crippen LogP contribution in [0.4, 0.5) is 0 Å². The average Bonchev–Trinajstić information content (AvgIpc) is 2.73. The van der Waals surface area contributed by atoms with Crippen LogP contribution in [0.1, 0.15) is 50.5 Å². The van der Waals surface area contributed by atoms with Crippen LogP contribution in [0.15, 0.2) is 38.2 Å². The number of thiocarbonyl (C=S) groups is 3. The Balaban J connectivity index is 1.77. The van der Waals surface area contributed by atoms with E-state index in [4.69, 9.17) is 46.1 Å². The van der Waals surface area contributed by atoms with Crippen LogP contribution in [0.3, 0.4) is 0 Å². The van der Waals surface area contributed by atoms with Crippen LogP contribution in [0.25, 0.3) is 0 Å². The molecule has 0 spiro atoms. The molecule has 5 nitrogen and oxygen atoms in total. The van der Waals surface area contributed by atoms with Gasteiger partial charge in [0, 0.05) is 12.7 Å². The summed E-state index contributed by atoms with van der Waals surface area (Å²) >= 11 is 14.2. The van der Waals surface area contributed by atoms with Crippen molar-refractivity contribution in [3.63, 3.8) is 0 Å². The molecule has 0 amide bonds. The first kappa shape index (κ1) is 23.9. The zero-order valence-corrected chi connectivity index (χ0v) is 20.0. The Bertz CT molecular complexity index is 748. The molecular formula is C20H25N3O2S3Si. The highest BCUT2D eigenvalue weighted by atomic mass is 32.1. The van der Waals surface area contributed by atoms with Crippen molar-refractivity contribution in [1.82, 2.24) is 0 Å². The minimum atomic E-state index is -2.81. The van der Waals surface area contributed by atoms with Crippen LogP contribution in [-0.4, -0.2) is 43.4 Å². The maximum Gasteiger partial charge on any atom is 0.461 e. The van der Waals surface area contributed by atoms with Gasteiger partial charge < -0.3 is 9.47 Å². The smallest absolute Gasteiger partial charge is 0.461 e. The van der Waals surface area contributed by atoms with Gasteiger partial charge in [-0.15, -0.1) is 0 Å². The Labute approximate surface area is 189 Å². The van der Waals surface area contributed by atoms with Gasteiger partial charge in [-0.3, -0.25) is 0 Å². The second-order valence-corrected chi connectivity index (χ2v) is 10.1. The van der Waals surface area contributed by atoms with Gasteiger partial charge in [0.2, 0.25) is 0 Å². The maximum atomic E-state index is 6.09. The third-order valence-corrected chi connectivity index (χ3v) is 8.22. The summed E-state index contributed by atoms with van der Waals surface area (Å²) in [7, 11) is -2.81. The van der Waals surface area contributed by atoms with Crippen LogP contribution in [0.2, 0.25) is 6.04 Å². The lowest BCUT2D eigenvalue weighted by Crippen LogP contribution is -2.28. The molecule has 0 aromatic heterocycles. The SMILES string of the molecule is CCOc1ccc(C2CCC(OCCC[Si](N=C=S)(N=C=S)N=C=S)CC2)cc1. The van der Waals surface area contributed by atoms with Crippen molar-refractivity contribution < 1.29 is 9.47 Å². The number of hydrogen-bond acceptors (Lipinski definition) is 8. The molecule has 0 heterocycles. The zero-order valence-electron chi connectivity index (χ0n) is 16.5. The summed E-state index contributed by atoms with van der Waals surface area (Å²) in [5.74, 6) is 1.53. The second kappa shape index (κ2) is 13.0. The molecule has 1 aliphatic rings. The minimum Gasteiger partial charge on any atom is -0.494 e. The van der Waals surface area contributed by atoms with E-state index in [-0.39, 0.29) is 0 Å². The fourth-order valence-electron chi connectivity index (χ4n) is 3.59. The number of ether oxygens (including phenoxy) is 2. The Morgan fingerprint density at radius 1 is 0.966 bits per heavy atom. The molecule has 1 aromatic rings. The third-order valence-electron chi connectivity index (χ3n) is 5.02. The summed E-state index contributed by atoms with van der Waals surface area (Å²) in [5.41, 5.74) is 1.39. The first-order valence-electron chi connectivity index (χ1n) is 9.77. The quantitative estimate of drug-likeness (QED) is 0.181. The largest absolute Gasteiger partial charge is 0.494 e. The van der Waals surface area contributed by atoms with Crippen molar-refractivity contribution in [3.8, 4) is 5.75 Å². The number of isothiocyanates is 3. The van der Waals surface area contributed by atoms with Gasteiger partial charge in [-0.1, -0.05) is 12.1 Å². The summed E-state index contributed by atoms with van der Waals surface area (Å²) in [6.07, 6.45) is 5.45. The molecular weight excluding hydrogens is 439 g/mol. The van der Waals surface area contributed by atoms with Crippen LogP contribution < -0.4 is 4.74 Å². The maximum absolute atomic E-state index is 6.09. The molecule has 9 heteroatoms. The molecule has 29 heavy (non-hydrogen) atoms. The van der Waals surface area contributed by atoms with Gasteiger partial charge >= 0.3 is 8.56 Å². The highest BCUT2D eigenvalue weighted by Crippen LogP contribution is 2.34. The molecule has 0 N–H and O–H groups in total. The highest BCUT2D eigenvalue weighted by Gasteiger charge is 2.34. The highest BCUT2D eigenvalue weighted by molar-refractivity contribution is 7.78. The van der Waals surface area contributed by atoms with Crippen molar-refractivity contribution >= 4 is 60.7 Å². The molecule has 0 bridgehead atoms. The summed E-state index contributed by atoms with van der Waals surface area (Å²) in [5, 5.41) is 7.08. The summed E-state index contributed by atoms with van der Waals surface area (Å²) in [6.45, 7) is 3.32. The molecule has 1 saturated carbocycles. The van der Waals surface area contributed by atoms with E-state index in [0.29, 0.717) is 31.3 Å². The first-order chi connectivity index (χ1) is 14.2. The standard InChI is InChI=1S/C20H25N3O2S3Si/c1-2-24-19-8-4-17(5-9-19)18-6-10-20(11-7-18)25-12-3-13-29(21-14-26,22-15-27)23-16-28/h4-5,8-9,18,20H,2-3,6-7,10-13H2,1H3. The fraction of sp³-hybridized carbons (Fsp3) is 0.550. The molecule has 1 fully saturated rings. The number of hydrogen-bond donors (Lipinski definition) is 0. The topological polar surface area (TPSA) is 55.5 Å². The average molecular weight is 464 g/mol. The Morgan fingerprint density at radius 3 is 2.07 bits per heavy atom. The van der Waals surface area contributed by atoms with Crippen LogP contribution in [-0.2, 0) is 4.74 Å². The van der Waals surface area contributed by atoms with E-state index in [1.54, 1.807) is 0 Å². The molecule has 0 radical (unpaired) electrons. The Kier molecular flexibility index (Phi) is 10.7. The van der Waals surface area contributed by atoms with Gasteiger partial charge in [0.05, 0.1) is 28.2 Å². The van der Waals surface area contributed by atoms with Gasteiger partial charge in [-0.2, -0.15) is 0 Å². The van der Waals surface area contributed by atoms with Crippen LogP contribution >= 0.6 is 36.7 Å². The Morgan fingerprint density at radius 2 is 1.55 bits per heavy atom. The normalized spacial score (nSPS) is 20.3. The summed E-state index contributed by atoms with van der Waals surface area (Å²) < 4.78 is 24.0. The molecule has 0 atom stereocenters. The van der Waals surface area contributed by atoms with Crippen LogP contribution in [0, 0.1) is 0 Å². The van der Waals surface area contributed by atoms with Crippen LogP contribution in [0.5, 0.6) is 5.75 Å². The number of benzene rings is 1. The Hall–Kier alpha value is -1.40. The van der Waals surface area contributed by atoms with Gasteiger partial charge in [0.25, 0.3) is 0 Å². The van der Waals surface area contributed by atoms with E-state index in [1.165, 1.54) is 5.56 Å². The summed E-state index contributed by atoms with van der Waals surface area (Å²) in [6, 6.07) is 9.10. The van der Waals surface area contributed by atoms with Gasteiger partial charge in [0.15, 0.2) is 0 Å². The molecule has 0 saturated heterocycles. The molecule has 1 aliphatic carbocycles. The zero-order chi connectivity index (χ0) is 21.0. The first-order valence-corrected chi connectivity index (χ1v) is 13.0. The third kappa shape index (κ3) is 7.74. The molecule has 0 aliphatic heterocycles. The molecule has 2 rings (SSSR count). The lowest BCUT2D eigenvalue weighted by molar-refractivity contribution is 0.0250. The lowest BCUT2D eigenvalue weighted by atomic mass is 9.83. The fourth-order valence-corrected chi connectivity index (χ4v) is 6.45. The minimum absolute atomic E-state index is 0.294. The summed E-state index contributed by atoms with van der Waals surface area (Å²) in [4.78, 5) is 0. The van der Waals surface area contributed by atoms with E-state index in [1.807, 2.05) is 6.92 Å². The van der Waals surface area contributed by atoms with Crippen molar-refractivity contribution in [2.45, 2.75) is 57.1 Å². The van der Waals surface area contributed by atoms with E-state index < -0.39 is 8.56 Å². The van der Waals surface area contributed by atoms with Crippen molar-refractivity contribution in [2.24, 2.45) is 14.0 Å². The van der Waals surface area contributed by atoms with E-state index in [0.717, 1.165) is 37.9 Å². The van der Waals surface area contributed by atoms with Gasteiger partial charge in [-0.05, 0) is 99.3 Å². The van der Waals surface area contributed by atoms with E-state index in [9.17, 15) is 0 Å². The molecule has 0 unspecified atom stereocenters. The second-order valence-electron chi connectivity index (χ2n) is 6.83. The van der Waals surface area contributed by atoms with Gasteiger partial charge in [-0.25, -0.2) is 14.0 Å². The predicted molar refractivity (Wildman–Crippen MR) is 129 cm³/mol. The molecule has 1 aromatic carbocycles. The predicted octanol–water partition coefficient (Wildman–Crippen LogP) is 5.77. The monoisotopic (exact) mass is 463 g/mol. The molecule has 154 valence electrons. The van der Waals surface area contributed by atoms with Crippen molar-refractivity contribution in [3.05, 3.63) is 29.8 Å². The number of rotatable bonds is 11. The van der Waals surface area contributed by atoms with E-state index >= 15 is 0 Å². The lowest BCUT2D eigenvalue weighted by Gasteiger charge is -2.29.